The van der Waals surface area contributed by atoms with Crippen LogP contribution in [0.15, 0.2) is 12.1 Å². The Morgan fingerprint density at radius 3 is 2.87 bits per heavy atom. The Labute approximate surface area is 88.9 Å². The third kappa shape index (κ3) is 3.25. The van der Waals surface area contributed by atoms with Gasteiger partial charge in [0.2, 0.25) is 0 Å². The van der Waals surface area contributed by atoms with Gasteiger partial charge in [-0.15, -0.1) is 0 Å². The largest absolute Gasteiger partial charge is 0.387 e. The summed E-state index contributed by atoms with van der Waals surface area (Å²) in [6, 6.07) is 2.97. The van der Waals surface area contributed by atoms with E-state index in [1.54, 1.807) is 13.2 Å². The van der Waals surface area contributed by atoms with E-state index < -0.39 is 11.9 Å². The fraction of sp³-hybridized carbons (Fsp3) is 0.545. The summed E-state index contributed by atoms with van der Waals surface area (Å²) in [5.74, 6) is -0.462. The van der Waals surface area contributed by atoms with Crippen molar-refractivity contribution < 1.29 is 14.2 Å². The van der Waals surface area contributed by atoms with E-state index in [0.29, 0.717) is 13.0 Å². The maximum Gasteiger partial charge on any atom is 0.147 e. The molecule has 0 spiro atoms. The highest BCUT2D eigenvalue weighted by Crippen LogP contribution is 2.18. The van der Waals surface area contributed by atoms with Crippen molar-refractivity contribution in [2.24, 2.45) is 0 Å². The van der Waals surface area contributed by atoms with Crippen LogP contribution >= 0.6 is 0 Å². The molecular weight excluding hydrogens is 197 g/mol. The van der Waals surface area contributed by atoms with Crippen molar-refractivity contribution in [1.29, 1.82) is 0 Å². The lowest BCUT2D eigenvalue weighted by atomic mass is 10.1. The highest BCUT2D eigenvalue weighted by atomic mass is 19.1. The molecular formula is C11H16FNO2. The summed E-state index contributed by atoms with van der Waals surface area (Å²) < 4.78 is 18.1. The molecule has 1 aromatic rings. The molecule has 4 heteroatoms. The number of aliphatic hydroxyl groups is 1. The highest BCUT2D eigenvalue weighted by molar-refractivity contribution is 5.15. The second-order valence-corrected chi connectivity index (χ2v) is 3.32. The monoisotopic (exact) mass is 213 g/mol. The van der Waals surface area contributed by atoms with Crippen LogP contribution in [0.25, 0.3) is 0 Å². The molecule has 3 nitrogen and oxygen atoms in total. The molecule has 0 bridgehead atoms. The van der Waals surface area contributed by atoms with Crippen LogP contribution in [-0.2, 0) is 11.2 Å². The number of hydrogen-bond donors (Lipinski definition) is 1. The van der Waals surface area contributed by atoms with Gasteiger partial charge in [-0.05, 0) is 18.6 Å². The summed E-state index contributed by atoms with van der Waals surface area (Å²) in [5.41, 5.74) is 0.897. The van der Waals surface area contributed by atoms with Crippen molar-refractivity contribution in [2.45, 2.75) is 25.9 Å². The molecule has 15 heavy (non-hydrogen) atoms. The Bertz CT molecular complexity index is 317. The molecule has 1 heterocycles. The summed E-state index contributed by atoms with van der Waals surface area (Å²) in [4.78, 5) is 4.06. The highest BCUT2D eigenvalue weighted by Gasteiger charge is 2.14. The molecule has 0 saturated carbocycles. The standard InChI is InChI=1S/C11H16FNO2/c1-3-8-4-5-9(12)11(13-8)10(14)6-7-15-2/h4-5,10,14H,3,6-7H2,1-2H3. The molecule has 1 rings (SSSR count). The third-order valence-corrected chi connectivity index (χ3v) is 2.20. The van der Waals surface area contributed by atoms with Crippen molar-refractivity contribution in [3.8, 4) is 0 Å². The molecule has 0 aliphatic carbocycles. The summed E-state index contributed by atoms with van der Waals surface area (Å²) in [6.45, 7) is 2.32. The van der Waals surface area contributed by atoms with E-state index in [1.165, 1.54) is 6.07 Å². The van der Waals surface area contributed by atoms with E-state index in [4.69, 9.17) is 4.74 Å². The normalized spacial score (nSPS) is 12.8. The van der Waals surface area contributed by atoms with Crippen molar-refractivity contribution in [2.75, 3.05) is 13.7 Å². The Balaban J connectivity index is 2.81. The minimum absolute atomic E-state index is 0.117. The predicted molar refractivity (Wildman–Crippen MR) is 55.0 cm³/mol. The van der Waals surface area contributed by atoms with E-state index in [1.807, 2.05) is 6.92 Å². The molecule has 1 aromatic heterocycles. The SMILES string of the molecule is CCc1ccc(F)c(C(O)CCOC)n1. The van der Waals surface area contributed by atoms with Gasteiger partial charge in [-0.25, -0.2) is 4.39 Å². The quantitative estimate of drug-likeness (QED) is 0.811. The number of ether oxygens (including phenoxy) is 1. The van der Waals surface area contributed by atoms with Crippen LogP contribution in [0.3, 0.4) is 0 Å². The zero-order valence-corrected chi connectivity index (χ0v) is 9.03. The molecule has 0 amide bonds. The van der Waals surface area contributed by atoms with Gasteiger partial charge in [0, 0.05) is 25.8 Å². The van der Waals surface area contributed by atoms with Gasteiger partial charge in [0.15, 0.2) is 0 Å². The van der Waals surface area contributed by atoms with Crippen LogP contribution in [0.2, 0.25) is 0 Å². The zero-order valence-electron chi connectivity index (χ0n) is 9.03. The second kappa shape index (κ2) is 5.78. The maximum absolute atomic E-state index is 13.3. The zero-order chi connectivity index (χ0) is 11.3. The second-order valence-electron chi connectivity index (χ2n) is 3.32. The predicted octanol–water partition coefficient (Wildman–Crippen LogP) is 1.85. The van der Waals surface area contributed by atoms with Crippen LogP contribution in [0.1, 0.15) is 30.8 Å². The minimum atomic E-state index is -0.892. The molecule has 0 saturated heterocycles. The molecule has 1 atom stereocenters. The average molecular weight is 213 g/mol. The number of methoxy groups -OCH3 is 1. The van der Waals surface area contributed by atoms with Crippen molar-refractivity contribution >= 4 is 0 Å². The van der Waals surface area contributed by atoms with Gasteiger partial charge in [-0.2, -0.15) is 0 Å². The van der Waals surface area contributed by atoms with E-state index in [2.05, 4.69) is 4.98 Å². The van der Waals surface area contributed by atoms with Gasteiger partial charge >= 0.3 is 0 Å². The molecule has 84 valence electrons. The Morgan fingerprint density at radius 1 is 1.53 bits per heavy atom. The van der Waals surface area contributed by atoms with Crippen LogP contribution in [-0.4, -0.2) is 23.8 Å². The fourth-order valence-electron chi connectivity index (χ4n) is 1.30. The van der Waals surface area contributed by atoms with Gasteiger partial charge in [-0.1, -0.05) is 6.92 Å². The van der Waals surface area contributed by atoms with Crippen LogP contribution in [0.4, 0.5) is 4.39 Å². The minimum Gasteiger partial charge on any atom is -0.387 e. The summed E-state index contributed by atoms with van der Waals surface area (Å²) in [7, 11) is 1.54. The first-order valence-corrected chi connectivity index (χ1v) is 5.01. The molecule has 0 radical (unpaired) electrons. The van der Waals surface area contributed by atoms with Gasteiger partial charge in [0.05, 0.1) is 0 Å². The molecule has 0 aromatic carbocycles. The Morgan fingerprint density at radius 2 is 2.27 bits per heavy atom. The molecule has 0 aliphatic heterocycles. The van der Waals surface area contributed by atoms with Crippen LogP contribution < -0.4 is 0 Å². The van der Waals surface area contributed by atoms with Crippen LogP contribution in [0.5, 0.6) is 0 Å². The lowest BCUT2D eigenvalue weighted by Crippen LogP contribution is -2.08. The topological polar surface area (TPSA) is 42.4 Å². The summed E-state index contributed by atoms with van der Waals surface area (Å²) in [6.07, 6.45) is 0.189. The number of nitrogens with zero attached hydrogens (tertiary/aromatic N) is 1. The Hall–Kier alpha value is -1.00. The lowest BCUT2D eigenvalue weighted by molar-refractivity contribution is 0.105. The first-order chi connectivity index (χ1) is 7.19. The lowest BCUT2D eigenvalue weighted by Gasteiger charge is -2.11. The first kappa shape index (κ1) is 12.1. The van der Waals surface area contributed by atoms with Gasteiger partial charge in [-0.3, -0.25) is 4.98 Å². The van der Waals surface area contributed by atoms with Gasteiger partial charge < -0.3 is 9.84 Å². The Kier molecular flexibility index (Phi) is 4.65. The van der Waals surface area contributed by atoms with Crippen molar-refractivity contribution in [3.63, 3.8) is 0 Å². The number of pyridine rings is 1. The third-order valence-electron chi connectivity index (χ3n) is 2.20. The molecule has 0 fully saturated rings. The number of halogens is 1. The first-order valence-electron chi connectivity index (χ1n) is 5.01. The molecule has 1 N–H and O–H groups in total. The van der Waals surface area contributed by atoms with E-state index in [0.717, 1.165) is 12.1 Å². The van der Waals surface area contributed by atoms with Crippen molar-refractivity contribution in [1.82, 2.24) is 4.98 Å². The number of aromatic nitrogens is 1. The number of hydrogen-bond acceptors (Lipinski definition) is 3. The fourth-order valence-corrected chi connectivity index (χ4v) is 1.30. The van der Waals surface area contributed by atoms with E-state index >= 15 is 0 Å². The number of aryl methyl sites for hydroxylation is 1. The molecule has 1 unspecified atom stereocenters. The summed E-state index contributed by atoms with van der Waals surface area (Å²) >= 11 is 0. The van der Waals surface area contributed by atoms with Gasteiger partial charge in [0.1, 0.15) is 17.6 Å². The average Bonchev–Trinajstić information content (AvgIpc) is 2.26. The number of rotatable bonds is 5. The summed E-state index contributed by atoms with van der Waals surface area (Å²) in [5, 5.41) is 9.67. The van der Waals surface area contributed by atoms with Crippen LogP contribution in [0, 0.1) is 5.82 Å². The molecule has 0 aliphatic rings. The van der Waals surface area contributed by atoms with Gasteiger partial charge in [0.25, 0.3) is 0 Å². The maximum atomic E-state index is 13.3. The smallest absolute Gasteiger partial charge is 0.147 e. The van der Waals surface area contributed by atoms with E-state index in [9.17, 15) is 9.50 Å². The van der Waals surface area contributed by atoms with E-state index in [-0.39, 0.29) is 5.69 Å². The number of aliphatic hydroxyl groups excluding tert-OH is 1. The van der Waals surface area contributed by atoms with Crippen molar-refractivity contribution in [3.05, 3.63) is 29.3 Å².